The molecule has 4 heterocycles. The van der Waals surface area contributed by atoms with Crippen molar-refractivity contribution in [2.45, 2.75) is 5.92 Å². The summed E-state index contributed by atoms with van der Waals surface area (Å²) >= 11 is 0. The fraction of sp³-hybridized carbons (Fsp3) is 0.160. The first-order chi connectivity index (χ1) is 15.7. The van der Waals surface area contributed by atoms with Crippen molar-refractivity contribution in [3.05, 3.63) is 77.3 Å². The number of anilines is 1. The third-order valence-corrected chi connectivity index (χ3v) is 6.16. The molecule has 1 atom stereocenters. The van der Waals surface area contributed by atoms with Gasteiger partial charge in [0.1, 0.15) is 18.1 Å². The van der Waals surface area contributed by atoms with Crippen LogP contribution in [-0.2, 0) is 9.53 Å². The molecule has 32 heavy (non-hydrogen) atoms. The normalized spacial score (nSPS) is 17.1. The Morgan fingerprint density at radius 2 is 1.75 bits per heavy atom. The monoisotopic (exact) mass is 425 g/mol. The fourth-order valence-corrected chi connectivity index (χ4v) is 4.80. The van der Waals surface area contributed by atoms with E-state index in [1.54, 1.807) is 26.6 Å². The summed E-state index contributed by atoms with van der Waals surface area (Å²) in [4.78, 5) is 22.2. The smallest absolute Gasteiger partial charge is 0.337 e. The second-order valence-corrected chi connectivity index (χ2v) is 7.72. The number of rotatable bonds is 3. The lowest BCUT2D eigenvalue weighted by atomic mass is 9.78. The summed E-state index contributed by atoms with van der Waals surface area (Å²) in [5.74, 6) is 0.590. The number of esters is 1. The summed E-state index contributed by atoms with van der Waals surface area (Å²) in [7, 11) is 3.24. The van der Waals surface area contributed by atoms with Crippen LogP contribution < -0.4 is 14.8 Å². The number of methoxy groups -OCH3 is 2. The van der Waals surface area contributed by atoms with Crippen LogP contribution in [0.4, 0.5) is 5.69 Å². The highest BCUT2D eigenvalue weighted by Gasteiger charge is 2.41. The number of nitrogens with zero attached hydrogens (tertiary/aromatic N) is 2. The Balaban J connectivity index is 1.78. The molecule has 158 valence electrons. The van der Waals surface area contributed by atoms with Gasteiger partial charge in [0.25, 0.3) is 0 Å². The van der Waals surface area contributed by atoms with Crippen molar-refractivity contribution in [3.8, 4) is 11.5 Å². The molecule has 0 fully saturated rings. The zero-order valence-corrected chi connectivity index (χ0v) is 17.5. The van der Waals surface area contributed by atoms with E-state index >= 15 is 0 Å². The number of pyridine rings is 2. The Morgan fingerprint density at radius 3 is 2.50 bits per heavy atom. The Bertz CT molecular complexity index is 1460. The van der Waals surface area contributed by atoms with Crippen LogP contribution in [0.25, 0.3) is 21.8 Å². The zero-order chi connectivity index (χ0) is 21.8. The Hall–Kier alpha value is -4.13. The predicted octanol–water partition coefficient (Wildman–Crippen LogP) is 4.17. The largest absolute Gasteiger partial charge is 0.497 e. The minimum Gasteiger partial charge on any atom is -0.497 e. The minimum absolute atomic E-state index is 0.198. The molecule has 6 rings (SSSR count). The van der Waals surface area contributed by atoms with E-state index in [4.69, 9.17) is 14.2 Å². The average Bonchev–Trinajstić information content (AvgIpc) is 3.22. The molecule has 4 aromatic rings. The standard InChI is InChI=1S/C25H19N3O4/c1-30-13-7-8-18(31-2)16(11-13)19-20-14-5-3-9-26-23(14)24-15(6-4-10-27-24)22(20)28-17-12-32-25(29)21(17)19/h3-11,19,28H,12H2,1-2H3. The van der Waals surface area contributed by atoms with Crippen molar-refractivity contribution in [2.75, 3.05) is 26.1 Å². The van der Waals surface area contributed by atoms with Gasteiger partial charge in [0.15, 0.2) is 0 Å². The van der Waals surface area contributed by atoms with Crippen LogP contribution in [0.3, 0.4) is 0 Å². The van der Waals surface area contributed by atoms with Crippen molar-refractivity contribution in [2.24, 2.45) is 0 Å². The van der Waals surface area contributed by atoms with Crippen molar-refractivity contribution in [1.29, 1.82) is 0 Å². The minimum atomic E-state index is -0.419. The van der Waals surface area contributed by atoms with Gasteiger partial charge in [-0.3, -0.25) is 9.97 Å². The molecule has 2 aliphatic rings. The van der Waals surface area contributed by atoms with E-state index in [9.17, 15) is 4.79 Å². The van der Waals surface area contributed by atoms with Crippen LogP contribution in [0.15, 0.2) is 66.1 Å². The number of carbonyl (C=O) groups is 1. The maximum absolute atomic E-state index is 12.9. The number of carbonyl (C=O) groups excluding carboxylic acids is 1. The van der Waals surface area contributed by atoms with E-state index in [0.717, 1.165) is 44.3 Å². The number of nitrogens with one attached hydrogen (secondary N) is 1. The summed E-state index contributed by atoms with van der Waals surface area (Å²) in [6.45, 7) is 0.198. The Morgan fingerprint density at radius 1 is 1.00 bits per heavy atom. The van der Waals surface area contributed by atoms with Gasteiger partial charge in [0.05, 0.1) is 42.2 Å². The predicted molar refractivity (Wildman–Crippen MR) is 120 cm³/mol. The molecule has 2 aliphatic heterocycles. The topological polar surface area (TPSA) is 82.6 Å². The summed E-state index contributed by atoms with van der Waals surface area (Å²) in [5, 5.41) is 5.34. The van der Waals surface area contributed by atoms with Gasteiger partial charge in [-0.15, -0.1) is 0 Å². The maximum Gasteiger partial charge on any atom is 0.337 e. The molecular weight excluding hydrogens is 406 g/mol. The van der Waals surface area contributed by atoms with E-state index in [2.05, 4.69) is 15.3 Å². The van der Waals surface area contributed by atoms with Gasteiger partial charge in [-0.05, 0) is 42.0 Å². The van der Waals surface area contributed by atoms with Crippen LogP contribution in [0.1, 0.15) is 17.0 Å². The molecule has 2 aromatic heterocycles. The van der Waals surface area contributed by atoms with Gasteiger partial charge in [-0.1, -0.05) is 6.07 Å². The molecular formula is C25H19N3O4. The fourth-order valence-electron chi connectivity index (χ4n) is 4.80. The number of hydrogen-bond donors (Lipinski definition) is 1. The molecule has 0 amide bonds. The highest BCUT2D eigenvalue weighted by Crippen LogP contribution is 2.51. The third-order valence-electron chi connectivity index (χ3n) is 6.16. The molecule has 0 bridgehead atoms. The molecule has 0 spiro atoms. The lowest BCUT2D eigenvalue weighted by Crippen LogP contribution is -2.21. The van der Waals surface area contributed by atoms with Crippen molar-refractivity contribution >= 4 is 33.5 Å². The Labute approximate surface area is 183 Å². The zero-order valence-electron chi connectivity index (χ0n) is 17.5. The van der Waals surface area contributed by atoms with Gasteiger partial charge in [-0.25, -0.2) is 4.79 Å². The van der Waals surface area contributed by atoms with E-state index in [1.807, 2.05) is 42.5 Å². The number of benzene rings is 2. The average molecular weight is 425 g/mol. The second kappa shape index (κ2) is 6.95. The van der Waals surface area contributed by atoms with Gasteiger partial charge in [0.2, 0.25) is 0 Å². The number of hydrogen-bond acceptors (Lipinski definition) is 7. The maximum atomic E-state index is 12.9. The van der Waals surface area contributed by atoms with Gasteiger partial charge in [0, 0.05) is 34.6 Å². The van der Waals surface area contributed by atoms with E-state index < -0.39 is 5.92 Å². The molecule has 7 heteroatoms. The molecule has 0 saturated carbocycles. The highest BCUT2D eigenvalue weighted by atomic mass is 16.5. The molecule has 0 aliphatic carbocycles. The van der Waals surface area contributed by atoms with Crippen LogP contribution in [0.5, 0.6) is 11.5 Å². The Kier molecular flexibility index (Phi) is 4.04. The first kappa shape index (κ1) is 18.6. The molecule has 0 saturated heterocycles. The van der Waals surface area contributed by atoms with Crippen molar-refractivity contribution in [3.63, 3.8) is 0 Å². The molecule has 0 radical (unpaired) electrons. The van der Waals surface area contributed by atoms with Crippen LogP contribution in [0, 0.1) is 0 Å². The van der Waals surface area contributed by atoms with Crippen LogP contribution in [0.2, 0.25) is 0 Å². The van der Waals surface area contributed by atoms with Crippen LogP contribution >= 0.6 is 0 Å². The number of ether oxygens (including phenoxy) is 3. The van der Waals surface area contributed by atoms with E-state index in [0.29, 0.717) is 17.1 Å². The molecule has 1 N–H and O–H groups in total. The number of fused-ring (bicyclic) bond motifs is 6. The summed E-state index contributed by atoms with van der Waals surface area (Å²) in [6, 6.07) is 13.5. The number of aromatic nitrogens is 2. The highest BCUT2D eigenvalue weighted by molar-refractivity contribution is 6.14. The lowest BCUT2D eigenvalue weighted by Gasteiger charge is -2.30. The molecule has 2 aromatic carbocycles. The van der Waals surface area contributed by atoms with Crippen molar-refractivity contribution < 1.29 is 19.0 Å². The first-order valence-corrected chi connectivity index (χ1v) is 10.3. The summed E-state index contributed by atoms with van der Waals surface area (Å²) in [5.41, 5.74) is 5.60. The SMILES string of the molecule is COc1ccc(OC)c(C2C3=C(COC3=O)Nc3c2c2cccnc2c2ncccc32)c1. The lowest BCUT2D eigenvalue weighted by molar-refractivity contribution is -0.136. The second-order valence-electron chi connectivity index (χ2n) is 7.72. The van der Waals surface area contributed by atoms with Gasteiger partial charge < -0.3 is 19.5 Å². The first-order valence-electron chi connectivity index (χ1n) is 10.3. The van der Waals surface area contributed by atoms with Crippen molar-refractivity contribution in [1.82, 2.24) is 9.97 Å². The van der Waals surface area contributed by atoms with Gasteiger partial charge in [-0.2, -0.15) is 0 Å². The summed E-state index contributed by atoms with van der Waals surface area (Å²) < 4.78 is 16.7. The van der Waals surface area contributed by atoms with Gasteiger partial charge >= 0.3 is 5.97 Å². The molecule has 7 nitrogen and oxygen atoms in total. The van der Waals surface area contributed by atoms with Crippen LogP contribution in [-0.4, -0.2) is 36.8 Å². The number of cyclic esters (lactones) is 1. The summed E-state index contributed by atoms with van der Waals surface area (Å²) in [6.07, 6.45) is 3.52. The quantitative estimate of drug-likeness (QED) is 0.390. The van der Waals surface area contributed by atoms with E-state index in [1.165, 1.54) is 0 Å². The van der Waals surface area contributed by atoms with E-state index in [-0.39, 0.29) is 12.6 Å². The molecule has 1 unspecified atom stereocenters. The third kappa shape index (κ3) is 2.51.